The summed E-state index contributed by atoms with van der Waals surface area (Å²) in [4.78, 5) is 62.4. The lowest BCUT2D eigenvalue weighted by molar-refractivity contribution is -0.146. The van der Waals surface area contributed by atoms with Crippen LogP contribution in [0.2, 0.25) is 0 Å². The van der Waals surface area contributed by atoms with Crippen LogP contribution in [-0.2, 0) is 24.0 Å². The quantitative estimate of drug-likeness (QED) is 0.258. The maximum Gasteiger partial charge on any atom is 0.326 e. The van der Waals surface area contributed by atoms with E-state index in [1.807, 2.05) is 6.92 Å². The van der Waals surface area contributed by atoms with E-state index < -0.39 is 53.8 Å². The lowest BCUT2D eigenvalue weighted by Crippen LogP contribution is -2.58. The summed E-state index contributed by atoms with van der Waals surface area (Å²) in [7, 11) is 0. The van der Waals surface area contributed by atoms with Gasteiger partial charge < -0.3 is 32.1 Å². The molecular formula is C21H37N5O6. The van der Waals surface area contributed by atoms with Crippen molar-refractivity contribution >= 4 is 29.6 Å². The second-order valence-electron chi connectivity index (χ2n) is 8.74. The molecule has 5 atom stereocenters. The molecule has 11 nitrogen and oxygen atoms in total. The predicted molar refractivity (Wildman–Crippen MR) is 117 cm³/mol. The van der Waals surface area contributed by atoms with Gasteiger partial charge in [0.05, 0.1) is 6.04 Å². The van der Waals surface area contributed by atoms with Gasteiger partial charge in [-0.15, -0.1) is 0 Å². The molecule has 0 bridgehead atoms. The number of primary amides is 1. The molecule has 32 heavy (non-hydrogen) atoms. The van der Waals surface area contributed by atoms with E-state index >= 15 is 0 Å². The van der Waals surface area contributed by atoms with Crippen LogP contribution in [0.1, 0.15) is 59.8 Å². The number of amides is 4. The van der Waals surface area contributed by atoms with Crippen molar-refractivity contribution < 1.29 is 29.1 Å². The fourth-order valence-corrected chi connectivity index (χ4v) is 3.62. The van der Waals surface area contributed by atoms with Gasteiger partial charge in [-0.1, -0.05) is 34.1 Å². The molecule has 0 radical (unpaired) electrons. The predicted octanol–water partition coefficient (Wildman–Crippen LogP) is -0.673. The average Bonchev–Trinajstić information content (AvgIpc) is 3.22. The first-order valence-corrected chi connectivity index (χ1v) is 11.1. The van der Waals surface area contributed by atoms with Crippen LogP contribution in [0.4, 0.5) is 0 Å². The van der Waals surface area contributed by atoms with Gasteiger partial charge in [0.15, 0.2) is 0 Å². The fraction of sp³-hybridized carbons (Fsp3) is 0.762. The smallest absolute Gasteiger partial charge is 0.326 e. The summed E-state index contributed by atoms with van der Waals surface area (Å²) in [5, 5.41) is 14.6. The summed E-state index contributed by atoms with van der Waals surface area (Å²) in [5.41, 5.74) is 10.9. The van der Waals surface area contributed by atoms with Crippen molar-refractivity contribution in [3.05, 3.63) is 0 Å². The highest BCUT2D eigenvalue weighted by molar-refractivity contribution is 5.94. The van der Waals surface area contributed by atoms with E-state index in [-0.39, 0.29) is 24.7 Å². The Balaban J connectivity index is 2.91. The number of hydrogen-bond donors (Lipinski definition) is 5. The van der Waals surface area contributed by atoms with Crippen LogP contribution in [0.3, 0.4) is 0 Å². The molecule has 1 heterocycles. The second kappa shape index (κ2) is 12.4. The molecule has 1 aliphatic heterocycles. The van der Waals surface area contributed by atoms with Crippen molar-refractivity contribution in [2.45, 2.75) is 84.0 Å². The number of likely N-dealkylation sites (tertiary alicyclic amines) is 1. The number of carbonyl (C=O) groups is 5. The van der Waals surface area contributed by atoms with E-state index in [0.29, 0.717) is 25.8 Å². The zero-order valence-corrected chi connectivity index (χ0v) is 19.3. The Morgan fingerprint density at radius 3 is 2.22 bits per heavy atom. The maximum atomic E-state index is 13.2. The Labute approximate surface area is 188 Å². The number of carboxylic acids is 1. The second-order valence-corrected chi connectivity index (χ2v) is 8.74. The van der Waals surface area contributed by atoms with Crippen LogP contribution < -0.4 is 22.1 Å². The molecule has 7 N–H and O–H groups in total. The Morgan fingerprint density at radius 2 is 1.72 bits per heavy atom. The van der Waals surface area contributed by atoms with Crippen LogP contribution >= 0.6 is 0 Å². The fourth-order valence-electron chi connectivity index (χ4n) is 3.62. The van der Waals surface area contributed by atoms with Crippen LogP contribution in [0.5, 0.6) is 0 Å². The standard InChI is InChI=1S/C21H37N5O6/c1-5-12(4)17(21(31)32)25-19(29)14-7-6-10-26(14)20(30)16(11(2)3)24-18(28)13(22)8-9-15(23)27/h11-14,16-17H,5-10,22H2,1-4H3,(H2,23,27)(H,24,28)(H,25,29)(H,31,32). The van der Waals surface area contributed by atoms with Gasteiger partial charge >= 0.3 is 5.97 Å². The van der Waals surface area contributed by atoms with Crippen molar-refractivity contribution in [3.8, 4) is 0 Å². The zero-order valence-electron chi connectivity index (χ0n) is 19.3. The van der Waals surface area contributed by atoms with Crippen molar-refractivity contribution in [2.24, 2.45) is 23.3 Å². The zero-order chi connectivity index (χ0) is 24.6. The van der Waals surface area contributed by atoms with Crippen molar-refractivity contribution in [1.29, 1.82) is 0 Å². The molecule has 0 aromatic heterocycles. The summed E-state index contributed by atoms with van der Waals surface area (Å²) < 4.78 is 0. The van der Waals surface area contributed by atoms with Gasteiger partial charge in [-0.2, -0.15) is 0 Å². The Hall–Kier alpha value is -2.69. The molecule has 4 amide bonds. The van der Waals surface area contributed by atoms with E-state index in [1.54, 1.807) is 20.8 Å². The third-order valence-corrected chi connectivity index (χ3v) is 5.88. The summed E-state index contributed by atoms with van der Waals surface area (Å²) in [5.74, 6) is -3.79. The number of nitrogens with zero attached hydrogens (tertiary/aromatic N) is 1. The van der Waals surface area contributed by atoms with Crippen LogP contribution in [0.15, 0.2) is 0 Å². The van der Waals surface area contributed by atoms with Crippen molar-refractivity contribution in [3.63, 3.8) is 0 Å². The lowest BCUT2D eigenvalue weighted by Gasteiger charge is -2.32. The molecule has 1 saturated heterocycles. The maximum absolute atomic E-state index is 13.2. The topological polar surface area (TPSA) is 185 Å². The highest BCUT2D eigenvalue weighted by Crippen LogP contribution is 2.21. The van der Waals surface area contributed by atoms with Gasteiger partial charge in [-0.3, -0.25) is 19.2 Å². The number of carbonyl (C=O) groups excluding carboxylic acids is 4. The molecule has 1 fully saturated rings. The molecule has 0 aliphatic carbocycles. The molecule has 182 valence electrons. The summed E-state index contributed by atoms with van der Waals surface area (Å²) >= 11 is 0. The molecule has 0 spiro atoms. The number of rotatable bonds is 12. The minimum Gasteiger partial charge on any atom is -0.480 e. The average molecular weight is 456 g/mol. The Morgan fingerprint density at radius 1 is 1.09 bits per heavy atom. The minimum absolute atomic E-state index is 0.0514. The highest BCUT2D eigenvalue weighted by Gasteiger charge is 2.40. The van der Waals surface area contributed by atoms with Gasteiger partial charge in [-0.25, -0.2) is 4.79 Å². The molecular weight excluding hydrogens is 418 g/mol. The number of nitrogens with two attached hydrogens (primary N) is 2. The van der Waals surface area contributed by atoms with E-state index in [9.17, 15) is 29.1 Å². The van der Waals surface area contributed by atoms with Gasteiger partial charge in [0, 0.05) is 13.0 Å². The van der Waals surface area contributed by atoms with E-state index in [0.717, 1.165) is 0 Å². The largest absolute Gasteiger partial charge is 0.480 e. The van der Waals surface area contributed by atoms with Crippen LogP contribution in [0.25, 0.3) is 0 Å². The van der Waals surface area contributed by atoms with Crippen molar-refractivity contribution in [2.75, 3.05) is 6.54 Å². The first-order valence-electron chi connectivity index (χ1n) is 11.1. The van der Waals surface area contributed by atoms with Gasteiger partial charge in [0.1, 0.15) is 18.1 Å². The molecule has 5 unspecified atom stereocenters. The van der Waals surface area contributed by atoms with E-state index in [2.05, 4.69) is 10.6 Å². The molecule has 0 aromatic rings. The Bertz CT molecular complexity index is 713. The van der Waals surface area contributed by atoms with E-state index in [1.165, 1.54) is 4.90 Å². The normalized spacial score (nSPS) is 19.7. The van der Waals surface area contributed by atoms with Gasteiger partial charge in [0.2, 0.25) is 23.6 Å². The SMILES string of the molecule is CCC(C)C(NC(=O)C1CCCN1C(=O)C(NC(=O)C(N)CCC(N)=O)C(C)C)C(=O)O. The van der Waals surface area contributed by atoms with E-state index in [4.69, 9.17) is 11.5 Å². The Kier molecular flexibility index (Phi) is 10.6. The number of aliphatic carboxylic acids is 1. The molecule has 1 rings (SSSR count). The third kappa shape index (κ3) is 7.47. The summed E-state index contributed by atoms with van der Waals surface area (Å²) in [6.07, 6.45) is 1.57. The van der Waals surface area contributed by atoms with Crippen LogP contribution in [0, 0.1) is 11.8 Å². The number of hydrogen-bond acceptors (Lipinski definition) is 6. The lowest BCUT2D eigenvalue weighted by atomic mass is 9.98. The molecule has 1 aliphatic rings. The van der Waals surface area contributed by atoms with Crippen LogP contribution in [-0.4, -0.2) is 70.3 Å². The molecule has 0 aromatic carbocycles. The first-order chi connectivity index (χ1) is 14.9. The summed E-state index contributed by atoms with van der Waals surface area (Å²) in [6.45, 7) is 7.41. The van der Waals surface area contributed by atoms with Crippen molar-refractivity contribution in [1.82, 2.24) is 15.5 Å². The summed E-state index contributed by atoms with van der Waals surface area (Å²) in [6, 6.07) is -3.77. The minimum atomic E-state index is -1.12. The monoisotopic (exact) mass is 455 g/mol. The third-order valence-electron chi connectivity index (χ3n) is 5.88. The highest BCUT2D eigenvalue weighted by atomic mass is 16.4. The first kappa shape index (κ1) is 27.3. The van der Waals surface area contributed by atoms with Gasteiger partial charge in [0.25, 0.3) is 0 Å². The molecule has 11 heteroatoms. The van der Waals surface area contributed by atoms with Gasteiger partial charge in [-0.05, 0) is 31.1 Å². The molecule has 0 saturated carbocycles. The number of carboxylic acid groups (broad SMARTS) is 1. The number of nitrogens with one attached hydrogen (secondary N) is 2.